The molecule has 6 nitrogen and oxygen atoms in total. The number of aliphatic hydroxyl groups excluding tert-OH is 1. The largest absolute Gasteiger partial charge is 0.439 e. The Morgan fingerprint density at radius 3 is 2.88 bits per heavy atom. The van der Waals surface area contributed by atoms with E-state index in [1.165, 1.54) is 0 Å². The molecule has 0 bridgehead atoms. The van der Waals surface area contributed by atoms with Crippen LogP contribution in [0.15, 0.2) is 47.1 Å². The highest BCUT2D eigenvalue weighted by atomic mass is 16.5. The number of aromatic nitrogens is 3. The summed E-state index contributed by atoms with van der Waals surface area (Å²) < 4.78 is 11.0. The van der Waals surface area contributed by atoms with Gasteiger partial charge in [0.1, 0.15) is 5.75 Å². The van der Waals surface area contributed by atoms with Crippen molar-refractivity contribution in [2.75, 3.05) is 6.61 Å². The van der Waals surface area contributed by atoms with Gasteiger partial charge in [0.15, 0.2) is 0 Å². The van der Waals surface area contributed by atoms with Crippen LogP contribution in [0.5, 0.6) is 11.6 Å². The van der Waals surface area contributed by atoms with Crippen molar-refractivity contribution in [2.24, 2.45) is 5.92 Å². The first kappa shape index (κ1) is 16.1. The average molecular weight is 325 g/mol. The number of aryl methyl sites for hydroxylation is 1. The number of hydrogen-bond acceptors (Lipinski definition) is 6. The molecule has 0 radical (unpaired) electrons. The third kappa shape index (κ3) is 3.97. The van der Waals surface area contributed by atoms with E-state index >= 15 is 0 Å². The fourth-order valence-electron chi connectivity index (χ4n) is 2.15. The van der Waals surface area contributed by atoms with E-state index in [1.807, 2.05) is 50.2 Å². The van der Waals surface area contributed by atoms with Crippen LogP contribution in [0.3, 0.4) is 0 Å². The summed E-state index contributed by atoms with van der Waals surface area (Å²) in [6, 6.07) is 11.2. The number of benzene rings is 1. The van der Waals surface area contributed by atoms with Crippen molar-refractivity contribution in [1.29, 1.82) is 0 Å². The Labute approximate surface area is 140 Å². The highest BCUT2D eigenvalue weighted by Gasteiger charge is 2.12. The molecule has 2 heterocycles. The van der Waals surface area contributed by atoms with Gasteiger partial charge in [-0.25, -0.2) is 4.98 Å². The summed E-state index contributed by atoms with van der Waals surface area (Å²) in [5.74, 6) is 2.28. The van der Waals surface area contributed by atoms with Crippen LogP contribution in [0.4, 0.5) is 0 Å². The molecule has 0 amide bonds. The molecule has 0 saturated heterocycles. The van der Waals surface area contributed by atoms with E-state index in [4.69, 9.17) is 14.4 Å². The maximum Gasteiger partial charge on any atom is 0.227 e. The zero-order chi connectivity index (χ0) is 16.9. The number of hydrogen-bond donors (Lipinski definition) is 1. The Kier molecular flexibility index (Phi) is 4.86. The Bertz CT molecular complexity index is 799. The van der Waals surface area contributed by atoms with Crippen LogP contribution >= 0.6 is 0 Å². The van der Waals surface area contributed by atoms with Crippen LogP contribution < -0.4 is 4.74 Å². The third-order valence-electron chi connectivity index (χ3n) is 3.50. The van der Waals surface area contributed by atoms with Crippen molar-refractivity contribution in [2.45, 2.75) is 20.3 Å². The normalized spacial score (nSPS) is 12.1. The van der Waals surface area contributed by atoms with Crippen LogP contribution in [0.2, 0.25) is 0 Å². The van der Waals surface area contributed by atoms with Gasteiger partial charge in [-0.15, -0.1) is 0 Å². The SMILES string of the molecule is Cc1ccc(Oc2cccc(-c3noc(C[C@H](C)CO)n3)c2)nc1. The molecule has 6 heteroatoms. The lowest BCUT2D eigenvalue weighted by molar-refractivity contribution is 0.225. The van der Waals surface area contributed by atoms with Gasteiger partial charge in [-0.1, -0.05) is 30.3 Å². The van der Waals surface area contributed by atoms with Crippen LogP contribution in [0, 0.1) is 12.8 Å². The first-order valence-electron chi connectivity index (χ1n) is 7.78. The molecule has 0 spiro atoms. The molecule has 0 aliphatic heterocycles. The molecule has 1 atom stereocenters. The topological polar surface area (TPSA) is 81.3 Å². The average Bonchev–Trinajstić information content (AvgIpc) is 3.05. The number of aliphatic hydroxyl groups is 1. The van der Waals surface area contributed by atoms with Gasteiger partial charge in [0.2, 0.25) is 17.6 Å². The molecule has 1 aromatic carbocycles. The minimum atomic E-state index is 0.0839. The number of ether oxygens (including phenoxy) is 1. The third-order valence-corrected chi connectivity index (χ3v) is 3.50. The second kappa shape index (κ2) is 7.23. The van der Waals surface area contributed by atoms with Crippen molar-refractivity contribution in [3.63, 3.8) is 0 Å². The van der Waals surface area contributed by atoms with Crippen molar-refractivity contribution >= 4 is 0 Å². The quantitative estimate of drug-likeness (QED) is 0.748. The van der Waals surface area contributed by atoms with Gasteiger partial charge in [0, 0.05) is 30.9 Å². The summed E-state index contributed by atoms with van der Waals surface area (Å²) >= 11 is 0. The molecule has 0 aliphatic carbocycles. The van der Waals surface area contributed by atoms with Crippen molar-refractivity contribution in [3.05, 3.63) is 54.0 Å². The number of nitrogens with zero attached hydrogens (tertiary/aromatic N) is 3. The monoisotopic (exact) mass is 325 g/mol. The zero-order valence-corrected chi connectivity index (χ0v) is 13.6. The molecule has 0 fully saturated rings. The van der Waals surface area contributed by atoms with Gasteiger partial charge >= 0.3 is 0 Å². The van der Waals surface area contributed by atoms with E-state index in [0.29, 0.717) is 29.8 Å². The Hall–Kier alpha value is -2.73. The van der Waals surface area contributed by atoms with Gasteiger partial charge in [0.25, 0.3) is 0 Å². The predicted molar refractivity (Wildman–Crippen MR) is 88.7 cm³/mol. The fraction of sp³-hybridized carbons (Fsp3) is 0.278. The standard InChI is InChI=1S/C18H19N3O3/c1-12-6-7-16(19-10-12)23-15-5-3-4-14(9-15)18-20-17(24-21-18)8-13(2)11-22/h3-7,9-10,13,22H,8,11H2,1-2H3/t13-/m0/s1. The lowest BCUT2D eigenvalue weighted by Gasteiger charge is -2.05. The van der Waals surface area contributed by atoms with Crippen LogP contribution in [-0.4, -0.2) is 26.8 Å². The fourth-order valence-corrected chi connectivity index (χ4v) is 2.15. The minimum Gasteiger partial charge on any atom is -0.439 e. The van der Waals surface area contributed by atoms with Crippen LogP contribution in [-0.2, 0) is 6.42 Å². The first-order valence-corrected chi connectivity index (χ1v) is 7.78. The van der Waals surface area contributed by atoms with Gasteiger partial charge in [-0.05, 0) is 30.5 Å². The summed E-state index contributed by atoms with van der Waals surface area (Å²) in [6.07, 6.45) is 2.31. The molecular formula is C18H19N3O3. The van der Waals surface area contributed by atoms with E-state index in [0.717, 1.165) is 11.1 Å². The molecule has 1 N–H and O–H groups in total. The van der Waals surface area contributed by atoms with Gasteiger partial charge in [0.05, 0.1) is 0 Å². The van der Waals surface area contributed by atoms with E-state index in [2.05, 4.69) is 15.1 Å². The lowest BCUT2D eigenvalue weighted by Crippen LogP contribution is -2.04. The molecule has 3 rings (SSSR count). The van der Waals surface area contributed by atoms with Gasteiger partial charge in [-0.2, -0.15) is 4.98 Å². The summed E-state index contributed by atoms with van der Waals surface area (Å²) in [5.41, 5.74) is 1.87. The second-order valence-corrected chi connectivity index (χ2v) is 5.81. The van der Waals surface area contributed by atoms with E-state index in [-0.39, 0.29) is 12.5 Å². The molecular weight excluding hydrogens is 306 g/mol. The van der Waals surface area contributed by atoms with Crippen LogP contribution in [0.1, 0.15) is 18.4 Å². The lowest BCUT2D eigenvalue weighted by atomic mass is 10.1. The van der Waals surface area contributed by atoms with Gasteiger partial charge < -0.3 is 14.4 Å². The first-order chi connectivity index (χ1) is 11.6. The Morgan fingerprint density at radius 1 is 1.25 bits per heavy atom. The molecule has 0 aliphatic rings. The predicted octanol–water partition coefficient (Wildman–Crippen LogP) is 3.40. The minimum absolute atomic E-state index is 0.0839. The number of pyridine rings is 1. The number of rotatable bonds is 6. The maximum atomic E-state index is 9.10. The smallest absolute Gasteiger partial charge is 0.227 e. The molecule has 3 aromatic rings. The summed E-state index contributed by atoms with van der Waals surface area (Å²) in [4.78, 5) is 8.59. The molecule has 24 heavy (non-hydrogen) atoms. The molecule has 0 unspecified atom stereocenters. The maximum absolute atomic E-state index is 9.10. The summed E-state index contributed by atoms with van der Waals surface area (Å²) in [6.45, 7) is 3.99. The van der Waals surface area contributed by atoms with E-state index < -0.39 is 0 Å². The Morgan fingerprint density at radius 2 is 2.12 bits per heavy atom. The van der Waals surface area contributed by atoms with Crippen LogP contribution in [0.25, 0.3) is 11.4 Å². The summed E-state index contributed by atoms with van der Waals surface area (Å²) in [5, 5.41) is 13.1. The van der Waals surface area contributed by atoms with Crippen molar-refractivity contribution in [3.8, 4) is 23.0 Å². The zero-order valence-electron chi connectivity index (χ0n) is 13.6. The highest BCUT2D eigenvalue weighted by Crippen LogP contribution is 2.25. The molecule has 2 aromatic heterocycles. The van der Waals surface area contributed by atoms with Gasteiger partial charge in [-0.3, -0.25) is 0 Å². The second-order valence-electron chi connectivity index (χ2n) is 5.81. The van der Waals surface area contributed by atoms with E-state index in [9.17, 15) is 0 Å². The summed E-state index contributed by atoms with van der Waals surface area (Å²) in [7, 11) is 0. The molecule has 0 saturated carbocycles. The van der Waals surface area contributed by atoms with E-state index in [1.54, 1.807) is 6.20 Å². The van der Waals surface area contributed by atoms with Crippen molar-refractivity contribution in [1.82, 2.24) is 15.1 Å². The highest BCUT2D eigenvalue weighted by molar-refractivity contribution is 5.57. The Balaban J connectivity index is 1.76. The molecule has 124 valence electrons. The van der Waals surface area contributed by atoms with Crippen molar-refractivity contribution < 1.29 is 14.4 Å².